The van der Waals surface area contributed by atoms with E-state index in [-0.39, 0.29) is 5.91 Å². The number of halogens is 1. The van der Waals surface area contributed by atoms with Crippen LogP contribution in [0.15, 0.2) is 72.9 Å². The molecule has 4 aromatic rings. The Morgan fingerprint density at radius 3 is 2.59 bits per heavy atom. The van der Waals surface area contributed by atoms with Crippen LogP contribution in [0, 0.1) is 0 Å². The Morgan fingerprint density at radius 2 is 1.86 bits per heavy atom. The molecule has 5 nitrogen and oxygen atoms in total. The second kappa shape index (κ2) is 8.37. The van der Waals surface area contributed by atoms with E-state index in [1.54, 1.807) is 22.7 Å². The van der Waals surface area contributed by atoms with E-state index in [0.29, 0.717) is 35.1 Å². The van der Waals surface area contributed by atoms with E-state index in [0.717, 1.165) is 17.0 Å². The number of aryl methyl sites for hydroxylation is 1. The van der Waals surface area contributed by atoms with Crippen LogP contribution in [0.1, 0.15) is 28.7 Å². The van der Waals surface area contributed by atoms with Gasteiger partial charge in [0.05, 0.1) is 5.69 Å². The zero-order valence-electron chi connectivity index (χ0n) is 15.9. The Hall–Kier alpha value is -3.31. The maximum atomic E-state index is 12.9. The van der Waals surface area contributed by atoms with Gasteiger partial charge in [-0.2, -0.15) is 0 Å². The number of aromatic nitrogens is 2. The molecular formula is C23H20ClN3O2. The molecule has 2 aromatic heterocycles. The summed E-state index contributed by atoms with van der Waals surface area (Å²) in [6.07, 6.45) is 2.41. The number of rotatable bonds is 6. The smallest absolute Gasteiger partial charge is 0.274 e. The number of hydrogen-bond donors (Lipinski definition) is 1. The first-order valence-electron chi connectivity index (χ1n) is 9.38. The number of pyridine rings is 1. The van der Waals surface area contributed by atoms with Gasteiger partial charge in [-0.3, -0.25) is 9.20 Å². The van der Waals surface area contributed by atoms with Gasteiger partial charge in [0.1, 0.15) is 23.7 Å². The number of carbonyl (C=O) groups is 1. The molecule has 0 atom stereocenters. The van der Waals surface area contributed by atoms with Crippen molar-refractivity contribution in [1.82, 2.24) is 9.38 Å². The lowest BCUT2D eigenvalue weighted by molar-refractivity contribution is 0.102. The second-order valence-corrected chi connectivity index (χ2v) is 7.02. The summed E-state index contributed by atoms with van der Waals surface area (Å²) in [5.41, 5.74) is 3.69. The van der Waals surface area contributed by atoms with Crippen LogP contribution in [0.5, 0.6) is 5.75 Å². The third kappa shape index (κ3) is 4.25. The molecule has 146 valence electrons. The van der Waals surface area contributed by atoms with E-state index in [1.165, 1.54) is 0 Å². The van der Waals surface area contributed by atoms with Crippen LogP contribution in [0.4, 0.5) is 5.69 Å². The number of nitrogens with zero attached hydrogens (tertiary/aromatic N) is 2. The predicted octanol–water partition coefficient (Wildman–Crippen LogP) is 5.38. The molecule has 29 heavy (non-hydrogen) atoms. The van der Waals surface area contributed by atoms with Crippen molar-refractivity contribution in [2.75, 3.05) is 5.32 Å². The van der Waals surface area contributed by atoms with Crippen LogP contribution in [-0.4, -0.2) is 15.3 Å². The van der Waals surface area contributed by atoms with Gasteiger partial charge in [-0.1, -0.05) is 48.9 Å². The van der Waals surface area contributed by atoms with Crippen LogP contribution < -0.4 is 10.1 Å². The number of fused-ring (bicyclic) bond motifs is 1. The van der Waals surface area contributed by atoms with Gasteiger partial charge in [0, 0.05) is 23.0 Å². The lowest BCUT2D eigenvalue weighted by Gasteiger charge is -2.09. The standard InChI is InChI=1S/C23H20ClN3O2/c1-2-20-22(27-13-12-17(24)14-21(27)26-20)23(28)25-18-8-10-19(11-9-18)29-15-16-6-4-3-5-7-16/h3-14H,2,15H2,1H3,(H,25,28). The largest absolute Gasteiger partial charge is 0.489 e. The maximum absolute atomic E-state index is 12.9. The molecule has 0 aliphatic heterocycles. The van der Waals surface area contributed by atoms with E-state index in [4.69, 9.17) is 16.3 Å². The average Bonchev–Trinajstić information content (AvgIpc) is 3.11. The molecule has 0 radical (unpaired) electrons. The minimum atomic E-state index is -0.213. The molecule has 0 saturated heterocycles. The first kappa shape index (κ1) is 19.0. The third-order valence-corrected chi connectivity index (χ3v) is 4.81. The molecular weight excluding hydrogens is 386 g/mol. The van der Waals surface area contributed by atoms with E-state index >= 15 is 0 Å². The van der Waals surface area contributed by atoms with Gasteiger partial charge in [-0.05, 0) is 42.3 Å². The minimum absolute atomic E-state index is 0.213. The fourth-order valence-corrected chi connectivity index (χ4v) is 3.28. The summed E-state index contributed by atoms with van der Waals surface area (Å²) in [7, 11) is 0. The summed E-state index contributed by atoms with van der Waals surface area (Å²) in [6.45, 7) is 2.47. The molecule has 0 unspecified atom stereocenters. The van der Waals surface area contributed by atoms with Crippen molar-refractivity contribution in [3.05, 3.63) is 94.9 Å². The monoisotopic (exact) mass is 405 g/mol. The van der Waals surface area contributed by atoms with Crippen LogP contribution in [0.25, 0.3) is 5.65 Å². The molecule has 0 aliphatic rings. The van der Waals surface area contributed by atoms with Crippen molar-refractivity contribution >= 4 is 28.8 Å². The van der Waals surface area contributed by atoms with Crippen molar-refractivity contribution in [3.63, 3.8) is 0 Å². The molecule has 6 heteroatoms. The maximum Gasteiger partial charge on any atom is 0.274 e. The number of nitrogens with one attached hydrogen (secondary N) is 1. The highest BCUT2D eigenvalue weighted by atomic mass is 35.5. The summed E-state index contributed by atoms with van der Waals surface area (Å²) in [5, 5.41) is 3.52. The molecule has 2 aromatic carbocycles. The Bertz CT molecular complexity index is 1140. The fourth-order valence-electron chi connectivity index (χ4n) is 3.12. The van der Waals surface area contributed by atoms with Crippen molar-refractivity contribution in [1.29, 1.82) is 0 Å². The Labute approximate surface area is 173 Å². The van der Waals surface area contributed by atoms with Crippen LogP contribution in [0.2, 0.25) is 5.02 Å². The number of imidazole rings is 1. The van der Waals surface area contributed by atoms with Crippen LogP contribution in [0.3, 0.4) is 0 Å². The number of benzene rings is 2. The molecule has 0 aliphatic carbocycles. The Kier molecular flexibility index (Phi) is 5.49. The number of amides is 1. The van der Waals surface area contributed by atoms with Crippen molar-refractivity contribution in [2.24, 2.45) is 0 Å². The highest BCUT2D eigenvalue weighted by Crippen LogP contribution is 2.21. The zero-order chi connectivity index (χ0) is 20.2. The van der Waals surface area contributed by atoms with Gasteiger partial charge in [-0.15, -0.1) is 0 Å². The van der Waals surface area contributed by atoms with Crippen LogP contribution in [-0.2, 0) is 13.0 Å². The van der Waals surface area contributed by atoms with Gasteiger partial charge in [0.15, 0.2) is 0 Å². The molecule has 1 N–H and O–H groups in total. The molecule has 4 rings (SSSR count). The molecule has 0 fully saturated rings. The first-order valence-corrected chi connectivity index (χ1v) is 9.76. The summed E-state index contributed by atoms with van der Waals surface area (Å²) in [6, 6.07) is 20.8. The van der Waals surface area contributed by atoms with Gasteiger partial charge in [0.2, 0.25) is 0 Å². The highest BCUT2D eigenvalue weighted by Gasteiger charge is 2.18. The first-order chi connectivity index (χ1) is 14.1. The van der Waals surface area contributed by atoms with Crippen molar-refractivity contribution < 1.29 is 9.53 Å². The summed E-state index contributed by atoms with van der Waals surface area (Å²) >= 11 is 6.05. The van der Waals surface area contributed by atoms with E-state index < -0.39 is 0 Å². The van der Waals surface area contributed by atoms with Gasteiger partial charge >= 0.3 is 0 Å². The van der Waals surface area contributed by atoms with Gasteiger partial charge < -0.3 is 10.1 Å². The Balaban J connectivity index is 1.48. The SMILES string of the molecule is CCc1nc2cc(Cl)ccn2c1C(=O)Nc1ccc(OCc2ccccc2)cc1. The summed E-state index contributed by atoms with van der Waals surface area (Å²) < 4.78 is 7.55. The number of ether oxygens (including phenoxy) is 1. The van der Waals surface area contributed by atoms with Crippen molar-refractivity contribution in [3.8, 4) is 5.75 Å². The predicted molar refractivity (Wildman–Crippen MR) is 115 cm³/mol. The number of hydrogen-bond acceptors (Lipinski definition) is 3. The second-order valence-electron chi connectivity index (χ2n) is 6.59. The molecule has 1 amide bonds. The van der Waals surface area contributed by atoms with E-state index in [1.807, 2.05) is 61.5 Å². The normalized spacial score (nSPS) is 10.8. The summed E-state index contributed by atoms with van der Waals surface area (Å²) in [4.78, 5) is 17.4. The zero-order valence-corrected chi connectivity index (χ0v) is 16.7. The van der Waals surface area contributed by atoms with E-state index in [9.17, 15) is 4.79 Å². The molecule has 0 spiro atoms. The quantitative estimate of drug-likeness (QED) is 0.468. The van der Waals surface area contributed by atoms with Gasteiger partial charge in [-0.25, -0.2) is 4.98 Å². The lowest BCUT2D eigenvalue weighted by Crippen LogP contribution is -2.16. The van der Waals surface area contributed by atoms with Gasteiger partial charge in [0.25, 0.3) is 5.91 Å². The Morgan fingerprint density at radius 1 is 1.10 bits per heavy atom. The highest BCUT2D eigenvalue weighted by molar-refractivity contribution is 6.30. The molecule has 0 saturated carbocycles. The number of carbonyl (C=O) groups excluding carboxylic acids is 1. The minimum Gasteiger partial charge on any atom is -0.489 e. The molecule has 0 bridgehead atoms. The molecule has 2 heterocycles. The van der Waals surface area contributed by atoms with Crippen LogP contribution >= 0.6 is 11.6 Å². The lowest BCUT2D eigenvalue weighted by atomic mass is 10.2. The third-order valence-electron chi connectivity index (χ3n) is 4.57. The number of anilines is 1. The average molecular weight is 406 g/mol. The summed E-state index contributed by atoms with van der Waals surface area (Å²) in [5.74, 6) is 0.528. The van der Waals surface area contributed by atoms with E-state index in [2.05, 4.69) is 10.3 Å². The topological polar surface area (TPSA) is 55.6 Å². The van der Waals surface area contributed by atoms with Crippen molar-refractivity contribution in [2.45, 2.75) is 20.0 Å². The fraction of sp³-hybridized carbons (Fsp3) is 0.130.